The third-order valence-corrected chi connectivity index (χ3v) is 2.40. The van der Waals surface area contributed by atoms with Gasteiger partial charge in [-0.1, -0.05) is 5.43 Å². The maximum Gasteiger partial charge on any atom is 0.717 e. The van der Waals surface area contributed by atoms with Gasteiger partial charge < -0.3 is 4.90 Å². The minimum atomic E-state index is -3.72. The largest absolute Gasteiger partial charge is 0.717 e. The van der Waals surface area contributed by atoms with E-state index in [0.717, 1.165) is 0 Å². The molecule has 0 aromatic rings. The molecule has 0 saturated carbocycles. The molecule has 0 unspecified atom stereocenters. The van der Waals surface area contributed by atoms with Crippen LogP contribution in [0.5, 0.6) is 0 Å². The van der Waals surface area contributed by atoms with Crippen LogP contribution in [0.4, 0.5) is 0 Å². The van der Waals surface area contributed by atoms with Gasteiger partial charge in [0.05, 0.1) is 6.54 Å². The lowest BCUT2D eigenvalue weighted by molar-refractivity contribution is -0.968. The van der Waals surface area contributed by atoms with Crippen LogP contribution in [-0.2, 0) is 0 Å². The molecule has 0 radical (unpaired) electrons. The Bertz CT molecular complexity index is 465. The van der Waals surface area contributed by atoms with Gasteiger partial charge in [-0.2, -0.15) is 0 Å². The van der Waals surface area contributed by atoms with Crippen molar-refractivity contribution in [3.63, 3.8) is 0 Å². The van der Waals surface area contributed by atoms with Crippen molar-refractivity contribution in [2.24, 2.45) is 4.99 Å². The predicted molar refractivity (Wildman–Crippen MR) is 57.7 cm³/mol. The Morgan fingerprint density at radius 2 is 1.60 bits per heavy atom. The molecule has 0 aromatic carbocycles. The molecular formula is C5H7N7O8. The number of rotatable bonds is 6. The van der Waals surface area contributed by atoms with E-state index in [0.29, 0.717) is 4.90 Å². The van der Waals surface area contributed by atoms with Crippen molar-refractivity contribution in [1.82, 2.24) is 10.3 Å². The summed E-state index contributed by atoms with van der Waals surface area (Å²) in [6.45, 7) is -1.49. The van der Waals surface area contributed by atoms with Gasteiger partial charge in [0.1, 0.15) is 0 Å². The molecule has 1 N–H and O–H groups in total. The van der Waals surface area contributed by atoms with Crippen molar-refractivity contribution in [3.05, 3.63) is 40.5 Å². The molecule has 0 amide bonds. The highest BCUT2D eigenvalue weighted by Crippen LogP contribution is 2.16. The summed E-state index contributed by atoms with van der Waals surface area (Å²) in [6, 6.07) is 0. The van der Waals surface area contributed by atoms with E-state index in [2.05, 4.69) is 4.99 Å². The first-order valence-electron chi connectivity index (χ1n) is 4.85. The first-order chi connectivity index (χ1) is 9.21. The van der Waals surface area contributed by atoms with E-state index in [9.17, 15) is 40.5 Å². The van der Waals surface area contributed by atoms with Crippen LogP contribution >= 0.6 is 0 Å². The molecular weight excluding hydrogens is 286 g/mol. The Kier molecular flexibility index (Phi) is 3.91. The van der Waals surface area contributed by atoms with Crippen LogP contribution in [0.15, 0.2) is 4.99 Å². The quantitative estimate of drug-likeness (QED) is 0.321. The second-order valence-corrected chi connectivity index (χ2v) is 3.54. The molecule has 15 nitrogen and oxygen atoms in total. The first-order valence-corrected chi connectivity index (χ1v) is 4.85. The van der Waals surface area contributed by atoms with Crippen LogP contribution in [0.25, 0.3) is 0 Å². The molecule has 0 saturated heterocycles. The van der Waals surface area contributed by atoms with Crippen molar-refractivity contribution < 1.29 is 19.8 Å². The lowest BCUT2D eigenvalue weighted by atomic mass is 10.3. The Balaban J connectivity index is 3.05. The van der Waals surface area contributed by atoms with Gasteiger partial charge in [-0.05, 0) is 0 Å². The normalized spacial score (nSPS) is 14.6. The van der Waals surface area contributed by atoms with Crippen LogP contribution in [-0.4, -0.2) is 56.1 Å². The number of nitro groups is 4. The van der Waals surface area contributed by atoms with E-state index in [4.69, 9.17) is 0 Å². The van der Waals surface area contributed by atoms with Crippen molar-refractivity contribution in [2.45, 2.75) is 5.79 Å². The zero-order chi connectivity index (χ0) is 15.5. The summed E-state index contributed by atoms with van der Waals surface area (Å²) in [4.78, 5) is 41.7. The van der Waals surface area contributed by atoms with Gasteiger partial charge in [-0.25, -0.2) is 15.1 Å². The molecule has 110 valence electrons. The average molecular weight is 293 g/mol. The summed E-state index contributed by atoms with van der Waals surface area (Å²) >= 11 is 0. The molecule has 0 fully saturated rings. The van der Waals surface area contributed by atoms with Crippen molar-refractivity contribution in [2.75, 3.05) is 19.6 Å². The fourth-order valence-electron chi connectivity index (χ4n) is 1.45. The standard InChI is InChI=1S/C5H7N7O8/c13-9(14)5(10(15)16,11(17)18)3-8-2-1-6-4(8)7-12(19)20/h1-3H2,(H,6,7). The molecule has 20 heavy (non-hydrogen) atoms. The van der Waals surface area contributed by atoms with Gasteiger partial charge in [0.15, 0.2) is 19.8 Å². The van der Waals surface area contributed by atoms with Gasteiger partial charge in [-0.3, -0.25) is 30.3 Å². The highest BCUT2D eigenvalue weighted by Gasteiger charge is 2.71. The summed E-state index contributed by atoms with van der Waals surface area (Å²) in [7, 11) is 0. The third-order valence-electron chi connectivity index (χ3n) is 2.40. The molecule has 0 bridgehead atoms. The monoisotopic (exact) mass is 293 g/mol. The fourth-order valence-corrected chi connectivity index (χ4v) is 1.45. The molecule has 0 atom stereocenters. The lowest BCUT2D eigenvalue weighted by Crippen LogP contribution is -2.61. The molecule has 1 aliphatic rings. The van der Waals surface area contributed by atoms with Crippen LogP contribution in [0.1, 0.15) is 0 Å². The summed E-state index contributed by atoms with van der Waals surface area (Å²) < 4.78 is 0. The average Bonchev–Trinajstić information content (AvgIpc) is 2.70. The van der Waals surface area contributed by atoms with E-state index in [1.165, 1.54) is 0 Å². The SMILES string of the molecule is O=[N+]([O-])NC1=NCCN1CC([N+](=O)[O-])([N+](=O)[O-])[N+](=O)[O-]. The fraction of sp³-hybridized carbons (Fsp3) is 0.800. The zero-order valence-corrected chi connectivity index (χ0v) is 9.57. The molecule has 15 heteroatoms. The zero-order valence-electron chi connectivity index (χ0n) is 9.57. The minimum absolute atomic E-state index is 0.0423. The van der Waals surface area contributed by atoms with E-state index in [-0.39, 0.29) is 13.1 Å². The Labute approximate surface area is 108 Å². The van der Waals surface area contributed by atoms with Gasteiger partial charge in [0.25, 0.3) is 5.96 Å². The Morgan fingerprint density at radius 3 is 2.00 bits per heavy atom. The smallest absolute Gasteiger partial charge is 0.315 e. The van der Waals surface area contributed by atoms with E-state index in [1.54, 1.807) is 5.43 Å². The number of hydrazine groups is 1. The number of hydrogen-bond donors (Lipinski definition) is 1. The van der Waals surface area contributed by atoms with Crippen LogP contribution in [0.3, 0.4) is 0 Å². The van der Waals surface area contributed by atoms with Crippen molar-refractivity contribution in [1.29, 1.82) is 0 Å². The highest BCUT2D eigenvalue weighted by atomic mass is 16.7. The molecule has 0 aliphatic carbocycles. The van der Waals surface area contributed by atoms with Gasteiger partial charge >= 0.3 is 5.79 Å². The Morgan fingerprint density at radius 1 is 1.10 bits per heavy atom. The van der Waals surface area contributed by atoms with Crippen molar-refractivity contribution in [3.8, 4) is 0 Å². The second kappa shape index (κ2) is 5.24. The topological polar surface area (TPSA) is 200 Å². The van der Waals surface area contributed by atoms with E-state index in [1.807, 2.05) is 0 Å². The Hall–Kier alpha value is -3.13. The summed E-state index contributed by atoms with van der Waals surface area (Å²) in [5.74, 6) is -4.23. The number of aliphatic imine (C=N–C) groups is 1. The summed E-state index contributed by atoms with van der Waals surface area (Å²) in [5.41, 5.74) is 1.56. The molecule has 0 aromatic heterocycles. The number of nitrogens with one attached hydrogen (secondary N) is 1. The van der Waals surface area contributed by atoms with Crippen LogP contribution < -0.4 is 5.43 Å². The summed E-state index contributed by atoms with van der Waals surface area (Å²) in [5, 5.41) is 41.4. The number of guanidine groups is 1. The molecule has 0 spiro atoms. The van der Waals surface area contributed by atoms with E-state index < -0.39 is 38.1 Å². The second-order valence-electron chi connectivity index (χ2n) is 3.54. The van der Waals surface area contributed by atoms with E-state index >= 15 is 0 Å². The summed E-state index contributed by atoms with van der Waals surface area (Å²) in [6.07, 6.45) is 0. The predicted octanol–water partition coefficient (Wildman–Crippen LogP) is -2.08. The van der Waals surface area contributed by atoms with Gasteiger partial charge in [0.2, 0.25) is 6.54 Å². The molecule has 1 rings (SSSR count). The molecule has 1 heterocycles. The lowest BCUT2D eigenvalue weighted by Gasteiger charge is -2.18. The molecule has 1 aliphatic heterocycles. The number of nitrogens with zero attached hydrogens (tertiary/aromatic N) is 6. The minimum Gasteiger partial charge on any atom is -0.315 e. The van der Waals surface area contributed by atoms with Gasteiger partial charge in [0, 0.05) is 6.54 Å². The van der Waals surface area contributed by atoms with Crippen LogP contribution in [0, 0.1) is 40.5 Å². The third kappa shape index (κ3) is 2.49. The van der Waals surface area contributed by atoms with Crippen LogP contribution in [0.2, 0.25) is 0 Å². The number of hydrogen-bond acceptors (Lipinski definition) is 10. The first kappa shape index (κ1) is 14.9. The van der Waals surface area contributed by atoms with Crippen molar-refractivity contribution >= 4 is 5.96 Å². The maximum atomic E-state index is 10.7. The maximum absolute atomic E-state index is 10.7. The highest BCUT2D eigenvalue weighted by molar-refractivity contribution is 5.80. The van der Waals surface area contributed by atoms with Gasteiger partial charge in [-0.15, -0.1) is 0 Å².